The maximum atomic E-state index is 5.80. The summed E-state index contributed by atoms with van der Waals surface area (Å²) in [7, 11) is 0. The van der Waals surface area contributed by atoms with E-state index in [9.17, 15) is 0 Å². The van der Waals surface area contributed by atoms with Gasteiger partial charge in [-0.3, -0.25) is 0 Å². The van der Waals surface area contributed by atoms with Gasteiger partial charge in [-0.2, -0.15) is 0 Å². The molecule has 2 unspecified atom stereocenters. The molecule has 0 radical (unpaired) electrons. The van der Waals surface area contributed by atoms with Gasteiger partial charge in [0.2, 0.25) is 0 Å². The third-order valence-electron chi connectivity index (χ3n) is 3.35. The maximum absolute atomic E-state index is 5.80. The van der Waals surface area contributed by atoms with Gasteiger partial charge < -0.3 is 10.1 Å². The van der Waals surface area contributed by atoms with Crippen LogP contribution in [0.25, 0.3) is 0 Å². The number of nitrogens with one attached hydrogen (secondary N) is 1. The van der Waals surface area contributed by atoms with Crippen LogP contribution >= 0.6 is 38.5 Å². The van der Waals surface area contributed by atoms with Gasteiger partial charge in [-0.05, 0) is 75.5 Å². The van der Waals surface area contributed by atoms with Gasteiger partial charge in [0.25, 0.3) is 0 Å². The van der Waals surface area contributed by atoms with Crippen LogP contribution in [0.5, 0.6) is 0 Å². The quantitative estimate of drug-likeness (QED) is 0.713. The first-order valence-electron chi connectivity index (χ1n) is 6.39. The van der Waals surface area contributed by atoms with Crippen molar-refractivity contribution in [2.24, 2.45) is 5.92 Å². The number of hydrogen-bond acceptors (Lipinski definition) is 2. The van der Waals surface area contributed by atoms with Crippen molar-refractivity contribution in [3.8, 4) is 0 Å². The zero-order chi connectivity index (χ0) is 13.1. The molecule has 0 aromatic heterocycles. The highest BCUT2D eigenvalue weighted by Gasteiger charge is 2.24. The normalized spacial score (nSPS) is 24.3. The second kappa shape index (κ2) is 6.57. The molecule has 0 bridgehead atoms. The molecule has 1 fully saturated rings. The molecule has 2 rings (SSSR count). The highest BCUT2D eigenvalue weighted by Crippen LogP contribution is 2.26. The van der Waals surface area contributed by atoms with Gasteiger partial charge in [0, 0.05) is 26.4 Å². The zero-order valence-corrected chi connectivity index (χ0v) is 14.5. The Morgan fingerprint density at radius 3 is 2.89 bits per heavy atom. The third kappa shape index (κ3) is 3.84. The first kappa shape index (κ1) is 14.6. The molecule has 0 saturated carbocycles. The van der Waals surface area contributed by atoms with E-state index in [1.807, 2.05) is 0 Å². The van der Waals surface area contributed by atoms with Crippen LogP contribution in [0.1, 0.15) is 26.7 Å². The van der Waals surface area contributed by atoms with Crippen molar-refractivity contribution < 1.29 is 4.74 Å². The van der Waals surface area contributed by atoms with Gasteiger partial charge in [-0.1, -0.05) is 13.8 Å². The minimum absolute atomic E-state index is 0.392. The summed E-state index contributed by atoms with van der Waals surface area (Å²) in [6, 6.07) is 6.96. The Kier molecular flexibility index (Phi) is 5.33. The van der Waals surface area contributed by atoms with Gasteiger partial charge in [0.15, 0.2) is 0 Å². The van der Waals surface area contributed by atoms with Crippen molar-refractivity contribution in [2.75, 3.05) is 11.9 Å². The molecule has 18 heavy (non-hydrogen) atoms. The maximum Gasteiger partial charge on any atom is 0.0617 e. The van der Waals surface area contributed by atoms with Crippen LogP contribution in [0, 0.1) is 9.49 Å². The minimum atomic E-state index is 0.392. The van der Waals surface area contributed by atoms with Crippen molar-refractivity contribution in [2.45, 2.75) is 38.8 Å². The minimum Gasteiger partial charge on any atom is -0.382 e. The van der Waals surface area contributed by atoms with Crippen molar-refractivity contribution in [1.29, 1.82) is 0 Å². The van der Waals surface area contributed by atoms with Crippen LogP contribution in [-0.4, -0.2) is 18.8 Å². The van der Waals surface area contributed by atoms with Gasteiger partial charge in [0.1, 0.15) is 0 Å². The Hall–Kier alpha value is 0.190. The number of anilines is 1. The SMILES string of the molecule is CC(C)C1CC(Nc2ccc(I)c(Br)c2)CCO1. The average molecular weight is 424 g/mol. The molecule has 2 atom stereocenters. The smallest absolute Gasteiger partial charge is 0.0617 e. The Morgan fingerprint density at radius 1 is 1.44 bits per heavy atom. The van der Waals surface area contributed by atoms with Gasteiger partial charge in [-0.25, -0.2) is 0 Å². The molecule has 0 aliphatic carbocycles. The molecular weight excluding hydrogens is 405 g/mol. The summed E-state index contributed by atoms with van der Waals surface area (Å²) in [5.74, 6) is 0.595. The molecule has 100 valence electrons. The molecule has 0 spiro atoms. The summed E-state index contributed by atoms with van der Waals surface area (Å²) in [6.45, 7) is 5.33. The van der Waals surface area contributed by atoms with E-state index in [1.54, 1.807) is 0 Å². The highest BCUT2D eigenvalue weighted by atomic mass is 127. The molecule has 1 aliphatic rings. The van der Waals surface area contributed by atoms with E-state index in [0.717, 1.165) is 23.9 Å². The number of rotatable bonds is 3. The van der Waals surface area contributed by atoms with Gasteiger partial charge in [-0.15, -0.1) is 0 Å². The molecular formula is C14H19BrINO. The lowest BCUT2D eigenvalue weighted by Gasteiger charge is -2.33. The fraction of sp³-hybridized carbons (Fsp3) is 0.571. The Labute approximate surface area is 131 Å². The van der Waals surface area contributed by atoms with E-state index in [-0.39, 0.29) is 0 Å². The molecule has 2 nitrogen and oxygen atoms in total. The van der Waals surface area contributed by atoms with Crippen LogP contribution in [-0.2, 0) is 4.74 Å². The lowest BCUT2D eigenvalue weighted by Crippen LogP contribution is -2.36. The third-order valence-corrected chi connectivity index (χ3v) is 5.69. The summed E-state index contributed by atoms with van der Waals surface area (Å²) in [4.78, 5) is 0. The molecule has 1 N–H and O–H groups in total. The van der Waals surface area contributed by atoms with E-state index >= 15 is 0 Å². The van der Waals surface area contributed by atoms with E-state index in [2.05, 4.69) is 75.9 Å². The molecule has 1 aromatic rings. The summed E-state index contributed by atoms with van der Waals surface area (Å²) in [6.07, 6.45) is 2.58. The van der Waals surface area contributed by atoms with Crippen LogP contribution in [0.3, 0.4) is 0 Å². The second-order valence-electron chi connectivity index (χ2n) is 5.15. The van der Waals surface area contributed by atoms with Gasteiger partial charge in [0.05, 0.1) is 6.10 Å². The largest absolute Gasteiger partial charge is 0.382 e. The Balaban J connectivity index is 1.98. The lowest BCUT2D eigenvalue weighted by molar-refractivity contribution is -0.0160. The average Bonchev–Trinajstić information content (AvgIpc) is 2.34. The van der Waals surface area contributed by atoms with E-state index in [0.29, 0.717) is 18.1 Å². The standard InChI is InChI=1S/C14H19BrINO/c1-9(2)14-8-11(5-6-18-14)17-10-3-4-13(16)12(15)7-10/h3-4,7,9,11,14,17H,5-6,8H2,1-2H3. The van der Waals surface area contributed by atoms with E-state index in [1.165, 1.54) is 9.26 Å². The first-order chi connectivity index (χ1) is 8.56. The molecule has 1 aliphatic heterocycles. The van der Waals surface area contributed by atoms with Crippen LogP contribution in [0.15, 0.2) is 22.7 Å². The molecule has 1 heterocycles. The predicted molar refractivity (Wildman–Crippen MR) is 88.1 cm³/mol. The topological polar surface area (TPSA) is 21.3 Å². The molecule has 1 saturated heterocycles. The van der Waals surface area contributed by atoms with Crippen molar-refractivity contribution >= 4 is 44.2 Å². The fourth-order valence-electron chi connectivity index (χ4n) is 2.25. The van der Waals surface area contributed by atoms with Crippen LogP contribution in [0.4, 0.5) is 5.69 Å². The van der Waals surface area contributed by atoms with E-state index in [4.69, 9.17) is 4.74 Å². The first-order valence-corrected chi connectivity index (χ1v) is 8.26. The molecule has 0 amide bonds. The van der Waals surface area contributed by atoms with Crippen molar-refractivity contribution in [3.63, 3.8) is 0 Å². The summed E-state index contributed by atoms with van der Waals surface area (Å²) < 4.78 is 8.19. The second-order valence-corrected chi connectivity index (χ2v) is 7.16. The molecule has 1 aromatic carbocycles. The van der Waals surface area contributed by atoms with Crippen LogP contribution < -0.4 is 5.32 Å². The summed E-state index contributed by atoms with van der Waals surface area (Å²) in [5.41, 5.74) is 1.19. The van der Waals surface area contributed by atoms with Crippen LogP contribution in [0.2, 0.25) is 0 Å². The number of halogens is 2. The Bertz CT molecular complexity index is 411. The zero-order valence-electron chi connectivity index (χ0n) is 10.7. The lowest BCUT2D eigenvalue weighted by atomic mass is 9.95. The fourth-order valence-corrected chi connectivity index (χ4v) is 2.96. The number of hydrogen-bond donors (Lipinski definition) is 1. The monoisotopic (exact) mass is 423 g/mol. The molecule has 4 heteroatoms. The van der Waals surface area contributed by atoms with Crippen molar-refractivity contribution in [1.82, 2.24) is 0 Å². The van der Waals surface area contributed by atoms with Crippen molar-refractivity contribution in [3.05, 3.63) is 26.2 Å². The highest BCUT2D eigenvalue weighted by molar-refractivity contribution is 14.1. The Morgan fingerprint density at radius 2 is 2.22 bits per heavy atom. The number of benzene rings is 1. The summed E-state index contributed by atoms with van der Waals surface area (Å²) in [5, 5.41) is 3.62. The van der Waals surface area contributed by atoms with Gasteiger partial charge >= 0.3 is 0 Å². The van der Waals surface area contributed by atoms with E-state index < -0.39 is 0 Å². The number of ether oxygens (including phenoxy) is 1. The summed E-state index contributed by atoms with van der Waals surface area (Å²) >= 11 is 5.90. The predicted octanol–water partition coefficient (Wildman–Crippen LogP) is 4.67.